The molecule has 2 rings (SSSR count). The molecular formula is C16H33IN4. The SMILES string of the molecule is CCNC(=NCC1CCCN1CC)N1CCC(C)(C)C1.I. The van der Waals surface area contributed by atoms with Crippen LogP contribution in [0.3, 0.4) is 0 Å². The fraction of sp³-hybridized carbons (Fsp3) is 0.938. The average molecular weight is 408 g/mol. The van der Waals surface area contributed by atoms with Crippen LogP contribution in [0.15, 0.2) is 4.99 Å². The van der Waals surface area contributed by atoms with Crippen molar-refractivity contribution in [3.05, 3.63) is 0 Å². The van der Waals surface area contributed by atoms with Gasteiger partial charge in [-0.3, -0.25) is 9.89 Å². The molecule has 0 amide bonds. The van der Waals surface area contributed by atoms with Crippen LogP contribution in [0.5, 0.6) is 0 Å². The van der Waals surface area contributed by atoms with E-state index in [0.29, 0.717) is 11.5 Å². The Morgan fingerprint density at radius 1 is 1.29 bits per heavy atom. The van der Waals surface area contributed by atoms with E-state index in [4.69, 9.17) is 4.99 Å². The van der Waals surface area contributed by atoms with Crippen molar-refractivity contribution < 1.29 is 0 Å². The number of likely N-dealkylation sites (tertiary alicyclic amines) is 2. The zero-order chi connectivity index (χ0) is 14.6. The van der Waals surface area contributed by atoms with E-state index in [0.717, 1.165) is 38.7 Å². The summed E-state index contributed by atoms with van der Waals surface area (Å²) in [5, 5.41) is 3.48. The van der Waals surface area contributed by atoms with Gasteiger partial charge < -0.3 is 10.2 Å². The summed E-state index contributed by atoms with van der Waals surface area (Å²) in [6, 6.07) is 0.657. The molecule has 0 aliphatic carbocycles. The first-order valence-electron chi connectivity index (χ1n) is 8.33. The molecule has 2 heterocycles. The van der Waals surface area contributed by atoms with Crippen molar-refractivity contribution in [1.82, 2.24) is 15.1 Å². The van der Waals surface area contributed by atoms with E-state index in [1.807, 2.05) is 0 Å². The highest BCUT2D eigenvalue weighted by Gasteiger charge is 2.31. The van der Waals surface area contributed by atoms with E-state index in [2.05, 4.69) is 42.8 Å². The highest BCUT2D eigenvalue weighted by molar-refractivity contribution is 14.0. The van der Waals surface area contributed by atoms with Gasteiger partial charge in [-0.1, -0.05) is 20.8 Å². The van der Waals surface area contributed by atoms with E-state index in [-0.39, 0.29) is 24.0 Å². The van der Waals surface area contributed by atoms with Crippen molar-refractivity contribution in [2.24, 2.45) is 10.4 Å². The second-order valence-electron chi connectivity index (χ2n) is 6.96. The van der Waals surface area contributed by atoms with E-state index in [1.54, 1.807) is 0 Å². The fourth-order valence-corrected chi connectivity index (χ4v) is 3.43. The topological polar surface area (TPSA) is 30.9 Å². The van der Waals surface area contributed by atoms with Gasteiger partial charge in [-0.25, -0.2) is 0 Å². The molecular weight excluding hydrogens is 375 g/mol. The number of hydrogen-bond acceptors (Lipinski definition) is 2. The molecule has 1 unspecified atom stereocenters. The summed E-state index contributed by atoms with van der Waals surface area (Å²) in [5.74, 6) is 1.13. The predicted octanol–water partition coefficient (Wildman–Crippen LogP) is 2.79. The van der Waals surface area contributed by atoms with Crippen molar-refractivity contribution >= 4 is 29.9 Å². The normalized spacial score (nSPS) is 26.0. The molecule has 0 radical (unpaired) electrons. The lowest BCUT2D eigenvalue weighted by Gasteiger charge is -2.25. The number of halogens is 1. The van der Waals surface area contributed by atoms with Crippen LogP contribution >= 0.6 is 24.0 Å². The summed E-state index contributed by atoms with van der Waals surface area (Å²) in [7, 11) is 0. The van der Waals surface area contributed by atoms with Crippen LogP contribution in [0, 0.1) is 5.41 Å². The van der Waals surface area contributed by atoms with Gasteiger partial charge in [0.2, 0.25) is 0 Å². The molecule has 0 saturated carbocycles. The number of hydrogen-bond donors (Lipinski definition) is 1. The molecule has 2 aliphatic heterocycles. The molecule has 2 fully saturated rings. The number of nitrogens with one attached hydrogen (secondary N) is 1. The average Bonchev–Trinajstić information content (AvgIpc) is 3.00. The molecule has 5 heteroatoms. The lowest BCUT2D eigenvalue weighted by atomic mass is 9.93. The second kappa shape index (κ2) is 8.56. The van der Waals surface area contributed by atoms with Crippen molar-refractivity contribution in [2.45, 2.75) is 53.0 Å². The van der Waals surface area contributed by atoms with Gasteiger partial charge in [0.05, 0.1) is 6.54 Å². The third kappa shape index (κ3) is 5.27. The number of aliphatic imine (C=N–C) groups is 1. The highest BCUT2D eigenvalue weighted by atomic mass is 127. The molecule has 0 spiro atoms. The summed E-state index contributed by atoms with van der Waals surface area (Å²) in [5.41, 5.74) is 0.430. The molecule has 0 aromatic heterocycles. The van der Waals surface area contributed by atoms with Crippen LogP contribution in [-0.2, 0) is 0 Å². The number of guanidine groups is 1. The maximum Gasteiger partial charge on any atom is 0.193 e. The molecule has 2 saturated heterocycles. The minimum atomic E-state index is 0. The van der Waals surface area contributed by atoms with Crippen molar-refractivity contribution in [3.8, 4) is 0 Å². The van der Waals surface area contributed by atoms with E-state index < -0.39 is 0 Å². The van der Waals surface area contributed by atoms with Gasteiger partial charge in [-0.2, -0.15) is 0 Å². The lowest BCUT2D eigenvalue weighted by molar-refractivity contribution is 0.272. The first kappa shape index (κ1) is 19.0. The highest BCUT2D eigenvalue weighted by Crippen LogP contribution is 2.28. The number of rotatable bonds is 4. The monoisotopic (exact) mass is 408 g/mol. The number of likely N-dealkylation sites (N-methyl/N-ethyl adjacent to an activating group) is 1. The Bertz CT molecular complexity index is 343. The smallest absolute Gasteiger partial charge is 0.193 e. The molecule has 0 bridgehead atoms. The largest absolute Gasteiger partial charge is 0.357 e. The first-order chi connectivity index (χ1) is 9.55. The second-order valence-corrected chi connectivity index (χ2v) is 6.96. The van der Waals surface area contributed by atoms with Gasteiger partial charge in [0, 0.05) is 25.7 Å². The van der Waals surface area contributed by atoms with Crippen LogP contribution in [0.4, 0.5) is 0 Å². The van der Waals surface area contributed by atoms with Crippen LogP contribution in [0.2, 0.25) is 0 Å². The Kier molecular flexibility index (Phi) is 7.74. The van der Waals surface area contributed by atoms with E-state index in [9.17, 15) is 0 Å². The third-order valence-corrected chi connectivity index (χ3v) is 4.67. The van der Waals surface area contributed by atoms with Crippen molar-refractivity contribution in [1.29, 1.82) is 0 Å². The van der Waals surface area contributed by atoms with E-state index >= 15 is 0 Å². The molecule has 1 N–H and O–H groups in total. The van der Waals surface area contributed by atoms with Crippen LogP contribution < -0.4 is 5.32 Å². The van der Waals surface area contributed by atoms with Gasteiger partial charge in [-0.15, -0.1) is 24.0 Å². The van der Waals surface area contributed by atoms with Crippen LogP contribution in [0.1, 0.15) is 47.0 Å². The Labute approximate surface area is 147 Å². The van der Waals surface area contributed by atoms with Gasteiger partial charge in [0.25, 0.3) is 0 Å². The van der Waals surface area contributed by atoms with Gasteiger partial charge >= 0.3 is 0 Å². The minimum Gasteiger partial charge on any atom is -0.357 e. The lowest BCUT2D eigenvalue weighted by Crippen LogP contribution is -2.42. The Hall–Kier alpha value is -0.0400. The maximum absolute atomic E-state index is 4.93. The zero-order valence-electron chi connectivity index (χ0n) is 14.2. The minimum absolute atomic E-state index is 0. The molecule has 1 atom stereocenters. The fourth-order valence-electron chi connectivity index (χ4n) is 3.43. The Balaban J connectivity index is 0.00000220. The standard InChI is InChI=1S/C16H32N4.HI/c1-5-17-15(20-11-9-16(3,4)13-20)18-12-14-8-7-10-19(14)6-2;/h14H,5-13H2,1-4H3,(H,17,18);1H. The first-order valence-corrected chi connectivity index (χ1v) is 8.33. The number of nitrogens with zero attached hydrogens (tertiary/aromatic N) is 3. The zero-order valence-corrected chi connectivity index (χ0v) is 16.5. The van der Waals surface area contributed by atoms with Crippen molar-refractivity contribution in [2.75, 3.05) is 39.3 Å². The molecule has 124 valence electrons. The molecule has 4 nitrogen and oxygen atoms in total. The van der Waals surface area contributed by atoms with E-state index in [1.165, 1.54) is 25.8 Å². The Morgan fingerprint density at radius 3 is 2.62 bits per heavy atom. The van der Waals surface area contributed by atoms with Crippen LogP contribution in [0.25, 0.3) is 0 Å². The van der Waals surface area contributed by atoms with Crippen molar-refractivity contribution in [3.63, 3.8) is 0 Å². The summed E-state index contributed by atoms with van der Waals surface area (Å²) in [4.78, 5) is 9.94. The van der Waals surface area contributed by atoms with Crippen LogP contribution in [-0.4, -0.2) is 61.1 Å². The molecule has 21 heavy (non-hydrogen) atoms. The van der Waals surface area contributed by atoms with Gasteiger partial charge in [-0.05, 0) is 44.7 Å². The summed E-state index contributed by atoms with van der Waals surface area (Å²) >= 11 is 0. The van der Waals surface area contributed by atoms with Gasteiger partial charge in [0.15, 0.2) is 5.96 Å². The Morgan fingerprint density at radius 2 is 2.05 bits per heavy atom. The molecule has 0 aromatic rings. The third-order valence-electron chi connectivity index (χ3n) is 4.67. The summed E-state index contributed by atoms with van der Waals surface area (Å²) in [6.07, 6.45) is 3.91. The quantitative estimate of drug-likeness (QED) is 0.441. The summed E-state index contributed by atoms with van der Waals surface area (Å²) in [6.45, 7) is 15.7. The molecule has 2 aliphatic rings. The predicted molar refractivity (Wildman–Crippen MR) is 102 cm³/mol. The summed E-state index contributed by atoms with van der Waals surface area (Å²) < 4.78 is 0. The molecule has 0 aromatic carbocycles. The maximum atomic E-state index is 4.93. The van der Waals surface area contributed by atoms with Gasteiger partial charge in [0.1, 0.15) is 0 Å².